The molecule has 0 fully saturated rings. The standard InChI is InChI=1S/C13H14N2O2S/c16-11(12-4-2-8-18-12)5-7-15-13(17)10-3-1-6-14-9-10/h1-4,6,8-9,11,16H,5,7H2,(H,15,17). The van der Waals surface area contributed by atoms with E-state index in [-0.39, 0.29) is 5.91 Å². The van der Waals surface area contributed by atoms with Gasteiger partial charge in [0.1, 0.15) is 0 Å². The zero-order valence-corrected chi connectivity index (χ0v) is 10.6. The molecule has 4 nitrogen and oxygen atoms in total. The van der Waals surface area contributed by atoms with E-state index >= 15 is 0 Å². The Bertz CT molecular complexity index is 485. The molecule has 2 heterocycles. The van der Waals surface area contributed by atoms with Crippen molar-refractivity contribution >= 4 is 17.2 Å². The van der Waals surface area contributed by atoms with E-state index in [1.54, 1.807) is 18.3 Å². The first kappa shape index (κ1) is 12.7. The molecule has 1 atom stereocenters. The number of hydrogen-bond donors (Lipinski definition) is 2. The Morgan fingerprint density at radius 3 is 3.00 bits per heavy atom. The van der Waals surface area contributed by atoms with Crippen LogP contribution in [0.5, 0.6) is 0 Å². The predicted molar refractivity (Wildman–Crippen MR) is 70.5 cm³/mol. The molecule has 0 bridgehead atoms. The van der Waals surface area contributed by atoms with Crippen LogP contribution in [0, 0.1) is 0 Å². The maximum absolute atomic E-state index is 11.7. The van der Waals surface area contributed by atoms with Crippen LogP contribution in [0.3, 0.4) is 0 Å². The van der Waals surface area contributed by atoms with Gasteiger partial charge in [0.2, 0.25) is 0 Å². The topological polar surface area (TPSA) is 62.2 Å². The number of nitrogens with zero attached hydrogens (tertiary/aromatic N) is 1. The Morgan fingerprint density at radius 2 is 2.33 bits per heavy atom. The number of hydrogen-bond acceptors (Lipinski definition) is 4. The highest BCUT2D eigenvalue weighted by atomic mass is 32.1. The van der Waals surface area contributed by atoms with Crippen molar-refractivity contribution in [2.45, 2.75) is 12.5 Å². The summed E-state index contributed by atoms with van der Waals surface area (Å²) in [4.78, 5) is 16.5. The summed E-state index contributed by atoms with van der Waals surface area (Å²) < 4.78 is 0. The predicted octanol–water partition coefficient (Wildman–Crippen LogP) is 2.00. The number of aliphatic hydroxyl groups is 1. The molecule has 2 rings (SSSR count). The Morgan fingerprint density at radius 1 is 1.44 bits per heavy atom. The minimum atomic E-state index is -0.515. The van der Waals surface area contributed by atoms with Gasteiger partial charge in [0.15, 0.2) is 0 Å². The molecule has 0 saturated carbocycles. The molecule has 2 N–H and O–H groups in total. The molecule has 1 unspecified atom stereocenters. The monoisotopic (exact) mass is 262 g/mol. The Labute approximate surface area is 109 Å². The molecular weight excluding hydrogens is 248 g/mol. The number of carbonyl (C=O) groups is 1. The van der Waals surface area contributed by atoms with E-state index in [0.29, 0.717) is 18.5 Å². The zero-order chi connectivity index (χ0) is 12.8. The SMILES string of the molecule is O=C(NCCC(O)c1cccs1)c1cccnc1. The fraction of sp³-hybridized carbons (Fsp3) is 0.231. The summed E-state index contributed by atoms with van der Waals surface area (Å²) in [7, 11) is 0. The third-order valence-electron chi connectivity index (χ3n) is 2.50. The van der Waals surface area contributed by atoms with Crippen molar-refractivity contribution < 1.29 is 9.90 Å². The molecule has 1 amide bonds. The number of aliphatic hydroxyl groups excluding tert-OH is 1. The lowest BCUT2D eigenvalue weighted by Gasteiger charge is -2.09. The molecule has 2 aromatic heterocycles. The molecule has 94 valence electrons. The van der Waals surface area contributed by atoms with Crippen LogP contribution in [-0.4, -0.2) is 22.5 Å². The van der Waals surface area contributed by atoms with Gasteiger partial charge in [-0.2, -0.15) is 0 Å². The third-order valence-corrected chi connectivity index (χ3v) is 3.47. The average Bonchev–Trinajstić information content (AvgIpc) is 2.93. The number of nitrogens with one attached hydrogen (secondary N) is 1. The lowest BCUT2D eigenvalue weighted by atomic mass is 10.2. The minimum Gasteiger partial charge on any atom is -0.388 e. The van der Waals surface area contributed by atoms with Crippen LogP contribution in [0.1, 0.15) is 27.8 Å². The molecule has 0 aliphatic carbocycles. The number of aromatic nitrogens is 1. The zero-order valence-electron chi connectivity index (χ0n) is 9.74. The number of carbonyl (C=O) groups excluding carboxylic acids is 1. The van der Waals surface area contributed by atoms with E-state index in [9.17, 15) is 9.90 Å². The highest BCUT2D eigenvalue weighted by Gasteiger charge is 2.09. The van der Waals surface area contributed by atoms with Gasteiger partial charge in [-0.3, -0.25) is 9.78 Å². The van der Waals surface area contributed by atoms with Gasteiger partial charge in [-0.1, -0.05) is 6.07 Å². The molecule has 2 aromatic rings. The van der Waals surface area contributed by atoms with Crippen molar-refractivity contribution in [3.8, 4) is 0 Å². The summed E-state index contributed by atoms with van der Waals surface area (Å²) in [5.74, 6) is -0.165. The molecule has 0 aliphatic heterocycles. The average molecular weight is 262 g/mol. The van der Waals surface area contributed by atoms with Gasteiger partial charge >= 0.3 is 0 Å². The van der Waals surface area contributed by atoms with E-state index in [4.69, 9.17) is 0 Å². The van der Waals surface area contributed by atoms with Crippen LogP contribution in [0.25, 0.3) is 0 Å². The van der Waals surface area contributed by atoms with Crippen LogP contribution in [-0.2, 0) is 0 Å². The highest BCUT2D eigenvalue weighted by molar-refractivity contribution is 7.10. The van der Waals surface area contributed by atoms with Crippen LogP contribution in [0.4, 0.5) is 0 Å². The molecular formula is C13H14N2O2S. The van der Waals surface area contributed by atoms with Crippen LogP contribution in [0.2, 0.25) is 0 Å². The number of thiophene rings is 1. The quantitative estimate of drug-likeness (QED) is 0.866. The van der Waals surface area contributed by atoms with Gasteiger partial charge in [0, 0.05) is 23.8 Å². The van der Waals surface area contributed by atoms with Gasteiger partial charge in [-0.15, -0.1) is 11.3 Å². The molecule has 0 saturated heterocycles. The summed E-state index contributed by atoms with van der Waals surface area (Å²) in [6.45, 7) is 0.437. The fourth-order valence-electron chi connectivity index (χ4n) is 1.54. The third kappa shape index (κ3) is 3.38. The first-order valence-electron chi connectivity index (χ1n) is 5.67. The lowest BCUT2D eigenvalue weighted by Crippen LogP contribution is -2.25. The number of amides is 1. The molecule has 0 spiro atoms. The maximum atomic E-state index is 11.7. The van der Waals surface area contributed by atoms with E-state index in [2.05, 4.69) is 10.3 Å². The Hall–Kier alpha value is -1.72. The Balaban J connectivity index is 1.77. The molecule has 0 aliphatic rings. The van der Waals surface area contributed by atoms with Crippen molar-refractivity contribution in [2.75, 3.05) is 6.54 Å². The number of rotatable bonds is 5. The first-order valence-corrected chi connectivity index (χ1v) is 6.55. The minimum absolute atomic E-state index is 0.165. The highest BCUT2D eigenvalue weighted by Crippen LogP contribution is 2.20. The van der Waals surface area contributed by atoms with Gasteiger partial charge in [0.25, 0.3) is 5.91 Å². The van der Waals surface area contributed by atoms with Gasteiger partial charge in [-0.25, -0.2) is 0 Å². The van der Waals surface area contributed by atoms with Crippen molar-refractivity contribution in [1.29, 1.82) is 0 Å². The smallest absolute Gasteiger partial charge is 0.252 e. The van der Waals surface area contributed by atoms with E-state index in [0.717, 1.165) is 4.88 Å². The van der Waals surface area contributed by atoms with E-state index in [1.807, 2.05) is 17.5 Å². The van der Waals surface area contributed by atoms with Crippen molar-refractivity contribution in [1.82, 2.24) is 10.3 Å². The largest absolute Gasteiger partial charge is 0.388 e. The summed E-state index contributed by atoms with van der Waals surface area (Å²) in [5.41, 5.74) is 0.531. The number of pyridine rings is 1. The van der Waals surface area contributed by atoms with Crippen LogP contribution < -0.4 is 5.32 Å². The van der Waals surface area contributed by atoms with E-state index in [1.165, 1.54) is 17.5 Å². The molecule has 0 aromatic carbocycles. The van der Waals surface area contributed by atoms with Gasteiger partial charge < -0.3 is 10.4 Å². The second-order valence-electron chi connectivity index (χ2n) is 3.82. The van der Waals surface area contributed by atoms with Gasteiger partial charge in [-0.05, 0) is 30.0 Å². The van der Waals surface area contributed by atoms with Crippen molar-refractivity contribution in [3.05, 3.63) is 52.5 Å². The summed E-state index contributed by atoms with van der Waals surface area (Å²) >= 11 is 1.51. The van der Waals surface area contributed by atoms with Crippen LogP contribution in [0.15, 0.2) is 42.0 Å². The summed E-state index contributed by atoms with van der Waals surface area (Å²) in [6, 6.07) is 7.21. The summed E-state index contributed by atoms with van der Waals surface area (Å²) in [5, 5.41) is 14.5. The molecule has 5 heteroatoms. The lowest BCUT2D eigenvalue weighted by molar-refractivity contribution is 0.0943. The first-order chi connectivity index (χ1) is 8.77. The summed E-state index contributed by atoms with van der Waals surface area (Å²) in [6.07, 6.45) is 3.13. The maximum Gasteiger partial charge on any atom is 0.252 e. The second kappa shape index (κ2) is 6.28. The second-order valence-corrected chi connectivity index (χ2v) is 4.80. The molecule has 0 radical (unpaired) electrons. The normalized spacial score (nSPS) is 12.1. The molecule has 18 heavy (non-hydrogen) atoms. The van der Waals surface area contributed by atoms with Gasteiger partial charge in [0.05, 0.1) is 11.7 Å². The van der Waals surface area contributed by atoms with Crippen LogP contribution >= 0.6 is 11.3 Å². The Kier molecular flexibility index (Phi) is 4.44. The van der Waals surface area contributed by atoms with E-state index < -0.39 is 6.10 Å². The van der Waals surface area contributed by atoms with Crippen molar-refractivity contribution in [2.24, 2.45) is 0 Å². The van der Waals surface area contributed by atoms with Crippen molar-refractivity contribution in [3.63, 3.8) is 0 Å². The fourth-order valence-corrected chi connectivity index (χ4v) is 2.29.